The molecule has 0 aromatic heterocycles. The minimum absolute atomic E-state index is 0. The van der Waals surface area contributed by atoms with Crippen LogP contribution in [-0.4, -0.2) is 64.3 Å². The number of halogens is 1. The van der Waals surface area contributed by atoms with Crippen molar-refractivity contribution in [3.8, 4) is 0 Å². The Kier molecular flexibility index (Phi) is 11.7. The highest BCUT2D eigenvalue weighted by molar-refractivity contribution is 14.0. The Morgan fingerprint density at radius 2 is 1.89 bits per heavy atom. The molecule has 0 unspecified atom stereocenters. The Balaban J connectivity index is 0.00000324. The molecule has 1 aliphatic rings. The first-order chi connectivity index (χ1) is 8.76. The van der Waals surface area contributed by atoms with Crippen molar-refractivity contribution in [2.75, 3.05) is 53.5 Å². The van der Waals surface area contributed by atoms with Gasteiger partial charge >= 0.3 is 0 Å². The van der Waals surface area contributed by atoms with Crippen LogP contribution in [0.15, 0.2) is 4.99 Å². The first-order valence-electron chi connectivity index (χ1n) is 6.92. The Hall–Kier alpha value is -0.0800. The number of hydrogen-bond acceptors (Lipinski definition) is 3. The topological polar surface area (TPSA) is 48.9 Å². The van der Waals surface area contributed by atoms with Gasteiger partial charge in [0.25, 0.3) is 0 Å². The number of aliphatic imine (C=N–C) groups is 1. The van der Waals surface area contributed by atoms with E-state index in [1.165, 1.54) is 25.9 Å². The molecule has 0 aromatic rings. The fourth-order valence-corrected chi connectivity index (χ4v) is 2.11. The van der Waals surface area contributed by atoms with Crippen LogP contribution >= 0.6 is 24.0 Å². The molecule has 0 amide bonds. The maximum Gasteiger partial charge on any atom is 0.191 e. The van der Waals surface area contributed by atoms with E-state index in [4.69, 9.17) is 4.74 Å². The molecule has 5 nitrogen and oxygen atoms in total. The Bertz CT molecular complexity index is 243. The minimum atomic E-state index is 0. The summed E-state index contributed by atoms with van der Waals surface area (Å²) < 4.78 is 4.99. The predicted octanol–water partition coefficient (Wildman–Crippen LogP) is 1.15. The SMILES string of the molecule is CN=C(NCCOC)NCCN1CCC(C)CC1.I. The maximum atomic E-state index is 4.99. The highest BCUT2D eigenvalue weighted by Gasteiger charge is 2.14. The maximum absolute atomic E-state index is 4.99. The molecule has 0 saturated carbocycles. The molecule has 114 valence electrons. The van der Waals surface area contributed by atoms with Gasteiger partial charge in [-0.2, -0.15) is 0 Å². The van der Waals surface area contributed by atoms with E-state index in [-0.39, 0.29) is 24.0 Å². The number of rotatable bonds is 6. The van der Waals surface area contributed by atoms with Gasteiger partial charge in [0.05, 0.1) is 6.61 Å². The van der Waals surface area contributed by atoms with Crippen molar-refractivity contribution in [1.29, 1.82) is 0 Å². The van der Waals surface area contributed by atoms with E-state index in [1.807, 2.05) is 0 Å². The summed E-state index contributed by atoms with van der Waals surface area (Å²) in [5.41, 5.74) is 0. The molecule has 1 aliphatic heterocycles. The largest absolute Gasteiger partial charge is 0.383 e. The van der Waals surface area contributed by atoms with Gasteiger partial charge in [-0.05, 0) is 31.8 Å². The molecule has 0 aliphatic carbocycles. The van der Waals surface area contributed by atoms with Gasteiger partial charge in [0.2, 0.25) is 0 Å². The Labute approximate surface area is 134 Å². The third-order valence-electron chi connectivity index (χ3n) is 3.42. The summed E-state index contributed by atoms with van der Waals surface area (Å²) in [6, 6.07) is 0. The average molecular weight is 384 g/mol. The van der Waals surface area contributed by atoms with Crippen molar-refractivity contribution in [2.45, 2.75) is 19.8 Å². The van der Waals surface area contributed by atoms with Gasteiger partial charge < -0.3 is 20.3 Å². The van der Waals surface area contributed by atoms with Crippen LogP contribution in [0.3, 0.4) is 0 Å². The predicted molar refractivity (Wildman–Crippen MR) is 91.5 cm³/mol. The lowest BCUT2D eigenvalue weighted by Crippen LogP contribution is -2.44. The number of guanidine groups is 1. The number of likely N-dealkylation sites (tertiary alicyclic amines) is 1. The lowest BCUT2D eigenvalue weighted by molar-refractivity contribution is 0.195. The van der Waals surface area contributed by atoms with E-state index in [1.54, 1.807) is 14.2 Å². The second-order valence-electron chi connectivity index (χ2n) is 4.94. The monoisotopic (exact) mass is 384 g/mol. The van der Waals surface area contributed by atoms with Gasteiger partial charge in [0.1, 0.15) is 0 Å². The van der Waals surface area contributed by atoms with Crippen molar-refractivity contribution in [2.24, 2.45) is 10.9 Å². The van der Waals surface area contributed by atoms with E-state index < -0.39 is 0 Å². The highest BCUT2D eigenvalue weighted by Crippen LogP contribution is 2.14. The summed E-state index contributed by atoms with van der Waals surface area (Å²) in [6.45, 7) is 8.34. The number of nitrogens with zero attached hydrogens (tertiary/aromatic N) is 2. The Morgan fingerprint density at radius 3 is 2.47 bits per heavy atom. The van der Waals surface area contributed by atoms with Crippen molar-refractivity contribution in [3.05, 3.63) is 0 Å². The molecule has 1 heterocycles. The zero-order valence-corrected chi connectivity index (χ0v) is 14.8. The Morgan fingerprint density at radius 1 is 1.26 bits per heavy atom. The molecule has 6 heteroatoms. The molecular weight excluding hydrogens is 355 g/mol. The molecule has 0 aromatic carbocycles. The minimum Gasteiger partial charge on any atom is -0.383 e. The summed E-state index contributed by atoms with van der Waals surface area (Å²) in [5, 5.41) is 6.54. The molecule has 1 saturated heterocycles. The van der Waals surface area contributed by atoms with Crippen LogP contribution in [-0.2, 0) is 4.74 Å². The lowest BCUT2D eigenvalue weighted by atomic mass is 9.99. The summed E-state index contributed by atoms with van der Waals surface area (Å²) in [6.07, 6.45) is 2.67. The molecule has 0 radical (unpaired) electrons. The molecule has 0 atom stereocenters. The molecule has 1 fully saturated rings. The van der Waals surface area contributed by atoms with Crippen molar-refractivity contribution in [3.63, 3.8) is 0 Å². The molecule has 19 heavy (non-hydrogen) atoms. The third-order valence-corrected chi connectivity index (χ3v) is 3.42. The van der Waals surface area contributed by atoms with E-state index in [2.05, 4.69) is 27.4 Å². The fourth-order valence-electron chi connectivity index (χ4n) is 2.11. The van der Waals surface area contributed by atoms with Crippen LogP contribution in [0.2, 0.25) is 0 Å². The van der Waals surface area contributed by atoms with Crippen LogP contribution in [0.4, 0.5) is 0 Å². The summed E-state index contributed by atoms with van der Waals surface area (Å²) in [4.78, 5) is 6.70. The zero-order chi connectivity index (χ0) is 13.2. The lowest BCUT2D eigenvalue weighted by Gasteiger charge is -2.30. The molecule has 2 N–H and O–H groups in total. The van der Waals surface area contributed by atoms with Gasteiger partial charge in [-0.1, -0.05) is 6.92 Å². The standard InChI is InChI=1S/C13H28N4O.HI/c1-12-4-8-17(9-5-12)10-6-15-13(14-2)16-7-11-18-3;/h12H,4-11H2,1-3H3,(H2,14,15,16);1H. The first kappa shape index (κ1) is 18.9. The average Bonchev–Trinajstić information content (AvgIpc) is 2.39. The van der Waals surface area contributed by atoms with Gasteiger partial charge in [0, 0.05) is 33.8 Å². The second kappa shape index (κ2) is 11.7. The second-order valence-corrected chi connectivity index (χ2v) is 4.94. The van der Waals surface area contributed by atoms with Crippen LogP contribution in [0.5, 0.6) is 0 Å². The van der Waals surface area contributed by atoms with E-state index in [0.29, 0.717) is 6.61 Å². The quantitative estimate of drug-likeness (QED) is 0.312. The van der Waals surface area contributed by atoms with Gasteiger partial charge in [-0.25, -0.2) is 0 Å². The van der Waals surface area contributed by atoms with E-state index in [0.717, 1.165) is 31.5 Å². The summed E-state index contributed by atoms with van der Waals surface area (Å²) in [7, 11) is 3.50. The number of piperidine rings is 1. The molecule has 0 spiro atoms. The molecule has 0 bridgehead atoms. The van der Waals surface area contributed by atoms with Crippen molar-refractivity contribution < 1.29 is 4.74 Å². The smallest absolute Gasteiger partial charge is 0.191 e. The first-order valence-corrected chi connectivity index (χ1v) is 6.92. The fraction of sp³-hybridized carbons (Fsp3) is 0.923. The number of hydrogen-bond donors (Lipinski definition) is 2. The molecule has 1 rings (SSSR count). The van der Waals surface area contributed by atoms with Crippen LogP contribution in [0, 0.1) is 5.92 Å². The highest BCUT2D eigenvalue weighted by atomic mass is 127. The third kappa shape index (κ3) is 8.65. The van der Waals surface area contributed by atoms with Gasteiger partial charge in [-0.3, -0.25) is 4.99 Å². The number of nitrogens with one attached hydrogen (secondary N) is 2. The van der Waals surface area contributed by atoms with Crippen LogP contribution < -0.4 is 10.6 Å². The number of ether oxygens (including phenoxy) is 1. The summed E-state index contributed by atoms with van der Waals surface area (Å²) >= 11 is 0. The van der Waals surface area contributed by atoms with Crippen LogP contribution in [0.1, 0.15) is 19.8 Å². The molecular formula is C13H29IN4O. The zero-order valence-electron chi connectivity index (χ0n) is 12.4. The van der Waals surface area contributed by atoms with Crippen molar-refractivity contribution in [1.82, 2.24) is 15.5 Å². The van der Waals surface area contributed by atoms with E-state index >= 15 is 0 Å². The van der Waals surface area contributed by atoms with Crippen LogP contribution in [0.25, 0.3) is 0 Å². The number of methoxy groups -OCH3 is 1. The normalized spacial score (nSPS) is 17.9. The summed E-state index contributed by atoms with van der Waals surface area (Å²) in [5.74, 6) is 1.76. The van der Waals surface area contributed by atoms with Gasteiger partial charge in [0.15, 0.2) is 5.96 Å². The van der Waals surface area contributed by atoms with Gasteiger partial charge in [-0.15, -0.1) is 24.0 Å². The van der Waals surface area contributed by atoms with Crippen molar-refractivity contribution >= 4 is 29.9 Å². The van der Waals surface area contributed by atoms with E-state index in [9.17, 15) is 0 Å².